The van der Waals surface area contributed by atoms with E-state index in [0.717, 1.165) is 11.3 Å². The normalized spacial score (nSPS) is 10.2. The van der Waals surface area contributed by atoms with Crippen LogP contribution in [-0.4, -0.2) is 21.0 Å². The van der Waals surface area contributed by atoms with E-state index in [4.69, 9.17) is 15.6 Å². The fourth-order valence-electron chi connectivity index (χ4n) is 1.51. The zero-order valence-corrected chi connectivity index (χ0v) is 10.8. The Morgan fingerprint density at radius 1 is 1.55 bits per heavy atom. The zero-order chi connectivity index (χ0) is 14.7. The second kappa shape index (κ2) is 5.53. The number of benzene rings is 1. The molecule has 0 aliphatic rings. The van der Waals surface area contributed by atoms with E-state index in [-0.39, 0.29) is 23.4 Å². The second-order valence-electron chi connectivity index (χ2n) is 3.74. The van der Waals surface area contributed by atoms with Crippen molar-refractivity contribution in [1.29, 1.82) is 0 Å². The maximum atomic E-state index is 10.8. The van der Waals surface area contributed by atoms with Gasteiger partial charge in [-0.05, 0) is 6.07 Å². The van der Waals surface area contributed by atoms with Gasteiger partial charge in [0.25, 0.3) is 5.69 Å². The van der Waals surface area contributed by atoms with Gasteiger partial charge in [-0.1, -0.05) is 11.3 Å². The Labute approximate surface area is 116 Å². The summed E-state index contributed by atoms with van der Waals surface area (Å²) < 4.78 is 5.46. The summed E-state index contributed by atoms with van der Waals surface area (Å²) in [5.41, 5.74) is 5.47. The van der Waals surface area contributed by atoms with E-state index >= 15 is 0 Å². The molecule has 2 aromatic rings. The lowest BCUT2D eigenvalue weighted by Crippen LogP contribution is -2.03. The van der Waals surface area contributed by atoms with Crippen LogP contribution in [0.3, 0.4) is 0 Å². The Morgan fingerprint density at radius 3 is 2.85 bits per heavy atom. The molecular weight excluding hydrogens is 286 g/mol. The summed E-state index contributed by atoms with van der Waals surface area (Å²) in [6, 6.07) is 3.77. The lowest BCUT2D eigenvalue weighted by Gasteiger charge is -2.07. The Kier molecular flexibility index (Phi) is 3.80. The summed E-state index contributed by atoms with van der Waals surface area (Å²) in [6.07, 6.45) is 1.01. The van der Waals surface area contributed by atoms with Crippen molar-refractivity contribution in [2.24, 2.45) is 0 Å². The first kappa shape index (κ1) is 13.7. The fourth-order valence-corrected chi connectivity index (χ4v) is 2.06. The highest BCUT2D eigenvalue weighted by molar-refractivity contribution is 7.17. The summed E-state index contributed by atoms with van der Waals surface area (Å²) in [5.74, 6) is -0.888. The van der Waals surface area contributed by atoms with Crippen LogP contribution in [-0.2, 0) is 11.2 Å². The van der Waals surface area contributed by atoms with Crippen LogP contribution in [0.25, 0.3) is 0 Å². The van der Waals surface area contributed by atoms with Crippen LogP contribution in [0.5, 0.6) is 10.8 Å². The van der Waals surface area contributed by atoms with Crippen molar-refractivity contribution < 1.29 is 19.6 Å². The van der Waals surface area contributed by atoms with Gasteiger partial charge in [-0.15, -0.1) is 0 Å². The quantitative estimate of drug-likeness (QED) is 0.637. The highest BCUT2D eigenvalue weighted by Gasteiger charge is 2.15. The molecule has 1 heterocycles. The largest absolute Gasteiger partial charge is 0.481 e. The number of aliphatic carboxylic acids is 1. The Balaban J connectivity index is 2.35. The molecule has 0 saturated heterocycles. The van der Waals surface area contributed by atoms with E-state index < -0.39 is 10.9 Å². The first-order chi connectivity index (χ1) is 9.45. The van der Waals surface area contributed by atoms with Crippen molar-refractivity contribution in [3.8, 4) is 10.8 Å². The second-order valence-corrected chi connectivity index (χ2v) is 4.76. The minimum absolute atomic E-state index is 0.197. The number of nitro groups is 1. The highest BCUT2D eigenvalue weighted by atomic mass is 32.1. The van der Waals surface area contributed by atoms with Crippen LogP contribution in [0.2, 0.25) is 0 Å². The fraction of sp³-hybridized carbons (Fsp3) is 0.0909. The molecule has 0 bridgehead atoms. The zero-order valence-electron chi connectivity index (χ0n) is 9.98. The van der Waals surface area contributed by atoms with Crippen molar-refractivity contribution in [3.63, 3.8) is 0 Å². The van der Waals surface area contributed by atoms with Crippen LogP contribution in [0, 0.1) is 10.1 Å². The van der Waals surface area contributed by atoms with E-state index in [1.807, 2.05) is 0 Å². The predicted molar refractivity (Wildman–Crippen MR) is 71.0 cm³/mol. The van der Waals surface area contributed by atoms with E-state index in [2.05, 4.69) is 4.98 Å². The predicted octanol–water partition coefficient (Wildman–Crippen LogP) is 2.05. The van der Waals surface area contributed by atoms with Crippen molar-refractivity contribution in [2.75, 3.05) is 5.73 Å². The average molecular weight is 295 g/mol. The SMILES string of the molecule is Nc1ncc(Oc2ccc([N+](=O)[O-])cc2CC(=O)O)s1. The van der Waals surface area contributed by atoms with Gasteiger partial charge in [0.1, 0.15) is 5.75 Å². The number of hydrogen-bond donors (Lipinski definition) is 2. The Bertz CT molecular complexity index is 670. The van der Waals surface area contributed by atoms with Gasteiger partial charge >= 0.3 is 5.97 Å². The lowest BCUT2D eigenvalue weighted by molar-refractivity contribution is -0.384. The van der Waals surface area contributed by atoms with Gasteiger partial charge in [0, 0.05) is 17.7 Å². The number of carboxylic acid groups (broad SMARTS) is 1. The monoisotopic (exact) mass is 295 g/mol. The Morgan fingerprint density at radius 2 is 2.30 bits per heavy atom. The lowest BCUT2D eigenvalue weighted by atomic mass is 10.1. The molecule has 3 N–H and O–H groups in total. The van der Waals surface area contributed by atoms with Gasteiger partial charge in [0.05, 0.1) is 17.5 Å². The number of carbonyl (C=O) groups is 1. The molecule has 0 aliphatic carbocycles. The number of rotatable bonds is 5. The molecule has 2 rings (SSSR count). The summed E-state index contributed by atoms with van der Waals surface area (Å²) in [7, 11) is 0. The Hall–Kier alpha value is -2.68. The summed E-state index contributed by atoms with van der Waals surface area (Å²) >= 11 is 1.08. The van der Waals surface area contributed by atoms with Gasteiger partial charge in [0.15, 0.2) is 5.13 Å². The first-order valence-corrected chi connectivity index (χ1v) is 6.15. The van der Waals surface area contributed by atoms with E-state index in [1.165, 1.54) is 24.4 Å². The molecule has 0 radical (unpaired) electrons. The molecule has 104 valence electrons. The number of nitrogens with two attached hydrogens (primary N) is 1. The van der Waals surface area contributed by atoms with Crippen LogP contribution in [0.15, 0.2) is 24.4 Å². The molecule has 0 saturated carbocycles. The van der Waals surface area contributed by atoms with Crippen molar-refractivity contribution in [1.82, 2.24) is 4.98 Å². The number of nitrogen functional groups attached to an aromatic ring is 1. The maximum Gasteiger partial charge on any atom is 0.307 e. The van der Waals surface area contributed by atoms with Crippen LogP contribution in [0.1, 0.15) is 5.56 Å². The number of anilines is 1. The number of ether oxygens (including phenoxy) is 1. The standard InChI is InChI=1S/C11H9N3O5S/c12-11-13-5-10(20-11)19-8-2-1-7(14(17)18)3-6(8)4-9(15)16/h1-3,5H,4H2,(H2,12,13)(H,15,16). The van der Waals surface area contributed by atoms with Gasteiger partial charge in [0.2, 0.25) is 5.06 Å². The number of hydrogen-bond acceptors (Lipinski definition) is 7. The molecule has 0 unspecified atom stereocenters. The number of carboxylic acids is 1. The van der Waals surface area contributed by atoms with Gasteiger partial charge in [-0.2, -0.15) is 0 Å². The number of nitro benzene ring substituents is 1. The smallest absolute Gasteiger partial charge is 0.307 e. The van der Waals surface area contributed by atoms with Gasteiger partial charge < -0.3 is 15.6 Å². The molecular formula is C11H9N3O5S. The third-order valence-corrected chi connectivity index (χ3v) is 3.01. The molecule has 0 spiro atoms. The third kappa shape index (κ3) is 3.20. The minimum Gasteiger partial charge on any atom is -0.481 e. The molecule has 9 heteroatoms. The van der Waals surface area contributed by atoms with Gasteiger partial charge in [-0.25, -0.2) is 4.98 Å². The summed E-state index contributed by atoms with van der Waals surface area (Å²) in [5, 5.41) is 20.2. The number of thiazole rings is 1. The molecule has 0 aliphatic heterocycles. The average Bonchev–Trinajstić information content (AvgIpc) is 2.76. The molecule has 0 fully saturated rings. The number of aromatic nitrogens is 1. The van der Waals surface area contributed by atoms with E-state index in [0.29, 0.717) is 10.2 Å². The molecule has 0 amide bonds. The topological polar surface area (TPSA) is 129 Å². The number of nitrogens with zero attached hydrogens (tertiary/aromatic N) is 2. The van der Waals surface area contributed by atoms with E-state index in [9.17, 15) is 14.9 Å². The molecule has 0 atom stereocenters. The van der Waals surface area contributed by atoms with Crippen molar-refractivity contribution in [2.45, 2.75) is 6.42 Å². The van der Waals surface area contributed by atoms with E-state index in [1.54, 1.807) is 0 Å². The van der Waals surface area contributed by atoms with Crippen molar-refractivity contribution >= 4 is 28.1 Å². The molecule has 20 heavy (non-hydrogen) atoms. The third-order valence-electron chi connectivity index (χ3n) is 2.31. The molecule has 1 aromatic heterocycles. The number of non-ortho nitro benzene ring substituents is 1. The molecule has 8 nitrogen and oxygen atoms in total. The highest BCUT2D eigenvalue weighted by Crippen LogP contribution is 2.32. The van der Waals surface area contributed by atoms with Crippen LogP contribution >= 0.6 is 11.3 Å². The van der Waals surface area contributed by atoms with Gasteiger partial charge in [-0.3, -0.25) is 14.9 Å². The summed E-state index contributed by atoms with van der Waals surface area (Å²) in [6.45, 7) is 0. The maximum absolute atomic E-state index is 10.8. The minimum atomic E-state index is -1.11. The summed E-state index contributed by atoms with van der Waals surface area (Å²) in [4.78, 5) is 24.7. The molecule has 1 aromatic carbocycles. The van der Waals surface area contributed by atoms with Crippen LogP contribution in [0.4, 0.5) is 10.8 Å². The first-order valence-electron chi connectivity index (χ1n) is 5.34. The van der Waals surface area contributed by atoms with Crippen LogP contribution < -0.4 is 10.5 Å². The van der Waals surface area contributed by atoms with Crippen molar-refractivity contribution in [3.05, 3.63) is 40.1 Å².